The van der Waals surface area contributed by atoms with Crippen LogP contribution in [0.4, 0.5) is 0 Å². The van der Waals surface area contributed by atoms with Gasteiger partial charge in [-0.05, 0) is 68.8 Å². The van der Waals surface area contributed by atoms with Gasteiger partial charge in [-0.3, -0.25) is 9.59 Å². The summed E-state index contributed by atoms with van der Waals surface area (Å²) >= 11 is 0. The van der Waals surface area contributed by atoms with E-state index in [1.54, 1.807) is 0 Å². The molecule has 2 rings (SSSR count). The largest absolute Gasteiger partial charge is 0.379 e. The van der Waals surface area contributed by atoms with E-state index in [1.807, 2.05) is 18.2 Å². The lowest BCUT2D eigenvalue weighted by Crippen LogP contribution is -2.37. The highest BCUT2D eigenvalue weighted by atomic mass is 16.5. The maximum Gasteiger partial charge on any atom is 0.251 e. The first kappa shape index (κ1) is 33.2. The SMILES string of the molecule is CCCCCCCCCCCCOC(CNC(=O)c1cccc(C2CCNCC2)c1)COCCCCC(N)=O. The highest BCUT2D eigenvalue weighted by Gasteiger charge is 2.17. The van der Waals surface area contributed by atoms with Crippen LogP contribution in [0.1, 0.15) is 125 Å². The third-order valence-electron chi connectivity index (χ3n) is 7.57. The van der Waals surface area contributed by atoms with Gasteiger partial charge >= 0.3 is 0 Å². The monoisotopic (exact) mass is 545 g/mol. The molecule has 1 heterocycles. The second-order valence-electron chi connectivity index (χ2n) is 11.0. The number of nitrogens with one attached hydrogen (secondary N) is 2. The number of piperidine rings is 1. The van der Waals surface area contributed by atoms with E-state index in [-0.39, 0.29) is 17.9 Å². The quantitative estimate of drug-likeness (QED) is 0.149. The number of benzene rings is 1. The molecule has 1 aliphatic rings. The summed E-state index contributed by atoms with van der Waals surface area (Å²) < 4.78 is 12.0. The average molecular weight is 546 g/mol. The second kappa shape index (κ2) is 21.8. The molecule has 0 saturated carbocycles. The van der Waals surface area contributed by atoms with Gasteiger partial charge in [-0.15, -0.1) is 0 Å². The van der Waals surface area contributed by atoms with Gasteiger partial charge in [-0.25, -0.2) is 0 Å². The van der Waals surface area contributed by atoms with Gasteiger partial charge < -0.3 is 25.8 Å². The van der Waals surface area contributed by atoms with E-state index in [0.717, 1.165) is 45.2 Å². The molecule has 1 atom stereocenters. The minimum atomic E-state index is -0.278. The molecule has 0 aliphatic carbocycles. The average Bonchev–Trinajstić information content (AvgIpc) is 2.96. The van der Waals surface area contributed by atoms with Crippen LogP contribution in [0.5, 0.6) is 0 Å². The van der Waals surface area contributed by atoms with Gasteiger partial charge in [0, 0.05) is 31.7 Å². The zero-order valence-corrected chi connectivity index (χ0v) is 24.5. The number of carbonyl (C=O) groups is 2. The van der Waals surface area contributed by atoms with Crippen molar-refractivity contribution in [2.24, 2.45) is 5.73 Å². The number of hydrogen-bond donors (Lipinski definition) is 3. The first-order chi connectivity index (χ1) is 19.1. The molecule has 1 aliphatic heterocycles. The number of unbranched alkanes of at least 4 members (excludes halogenated alkanes) is 10. The van der Waals surface area contributed by atoms with Crippen molar-refractivity contribution in [2.45, 2.75) is 115 Å². The van der Waals surface area contributed by atoms with Crippen molar-refractivity contribution >= 4 is 11.8 Å². The standard InChI is InChI=1S/C32H55N3O4/c1-2-3-4-5-6-7-8-9-10-12-23-39-30(26-38-22-13-11-17-31(33)36)25-35-32(37)29-16-14-15-28(24-29)27-18-20-34-21-19-27/h14-16,24,27,30,34H,2-13,17-23,25-26H2,1H3,(H2,33,36)(H,35,37). The van der Waals surface area contributed by atoms with Gasteiger partial charge in [0.25, 0.3) is 5.91 Å². The van der Waals surface area contributed by atoms with E-state index in [4.69, 9.17) is 15.2 Å². The maximum absolute atomic E-state index is 13.0. The van der Waals surface area contributed by atoms with E-state index in [1.165, 1.54) is 63.4 Å². The molecule has 39 heavy (non-hydrogen) atoms. The summed E-state index contributed by atoms with van der Waals surface area (Å²) in [5, 5.41) is 6.47. The Kier molecular flexibility index (Phi) is 18.6. The summed E-state index contributed by atoms with van der Waals surface area (Å²) in [7, 11) is 0. The predicted octanol–water partition coefficient (Wildman–Crippen LogP) is 5.86. The molecule has 4 N–H and O–H groups in total. The Morgan fingerprint density at radius 2 is 1.62 bits per heavy atom. The number of ether oxygens (including phenoxy) is 2. The molecule has 1 saturated heterocycles. The van der Waals surface area contributed by atoms with Crippen LogP contribution >= 0.6 is 0 Å². The zero-order chi connectivity index (χ0) is 28.0. The van der Waals surface area contributed by atoms with E-state index < -0.39 is 0 Å². The topological polar surface area (TPSA) is 103 Å². The highest BCUT2D eigenvalue weighted by molar-refractivity contribution is 5.94. The third kappa shape index (κ3) is 16.0. The summed E-state index contributed by atoms with van der Waals surface area (Å²) in [5.74, 6) is 0.165. The van der Waals surface area contributed by atoms with Crippen molar-refractivity contribution in [2.75, 3.05) is 39.5 Å². The number of nitrogens with two attached hydrogens (primary N) is 1. The van der Waals surface area contributed by atoms with Gasteiger partial charge in [0.1, 0.15) is 0 Å². The van der Waals surface area contributed by atoms with Crippen LogP contribution in [0.15, 0.2) is 24.3 Å². The molecule has 1 aromatic rings. The first-order valence-corrected chi connectivity index (χ1v) is 15.7. The summed E-state index contributed by atoms with van der Waals surface area (Å²) in [6.07, 6.45) is 16.8. The van der Waals surface area contributed by atoms with Gasteiger partial charge in [0.05, 0.1) is 12.7 Å². The predicted molar refractivity (Wildman–Crippen MR) is 159 cm³/mol. The van der Waals surface area contributed by atoms with Crippen molar-refractivity contribution in [3.05, 3.63) is 35.4 Å². The lowest BCUT2D eigenvalue weighted by molar-refractivity contribution is -0.118. The Bertz CT molecular complexity index is 782. The second-order valence-corrected chi connectivity index (χ2v) is 11.0. The number of carbonyl (C=O) groups excluding carboxylic acids is 2. The Labute approximate surface area is 237 Å². The summed E-state index contributed by atoms with van der Waals surface area (Å²) in [6.45, 7) is 6.38. The van der Waals surface area contributed by atoms with Gasteiger partial charge in [-0.1, -0.05) is 76.8 Å². The van der Waals surface area contributed by atoms with E-state index in [2.05, 4.69) is 23.6 Å². The number of primary amides is 1. The lowest BCUT2D eigenvalue weighted by atomic mass is 9.89. The molecule has 1 unspecified atom stereocenters. The van der Waals surface area contributed by atoms with Crippen LogP contribution in [0.25, 0.3) is 0 Å². The normalized spacial score (nSPS) is 14.8. The molecule has 7 heteroatoms. The van der Waals surface area contributed by atoms with Gasteiger partial charge in [0.2, 0.25) is 5.91 Å². The molecule has 1 fully saturated rings. The zero-order valence-electron chi connectivity index (χ0n) is 24.5. The fourth-order valence-corrected chi connectivity index (χ4v) is 5.12. The molecule has 0 aromatic heterocycles. The van der Waals surface area contributed by atoms with Crippen molar-refractivity contribution in [1.82, 2.24) is 10.6 Å². The van der Waals surface area contributed by atoms with Crippen LogP contribution in [0.3, 0.4) is 0 Å². The van der Waals surface area contributed by atoms with Crippen molar-refractivity contribution in [1.29, 1.82) is 0 Å². The number of rotatable bonds is 23. The molecular formula is C32H55N3O4. The van der Waals surface area contributed by atoms with E-state index in [0.29, 0.717) is 44.3 Å². The number of hydrogen-bond acceptors (Lipinski definition) is 5. The molecule has 0 spiro atoms. The first-order valence-electron chi connectivity index (χ1n) is 15.7. The molecule has 2 amide bonds. The summed E-state index contributed by atoms with van der Waals surface area (Å²) in [5.41, 5.74) is 7.16. The van der Waals surface area contributed by atoms with Crippen molar-refractivity contribution < 1.29 is 19.1 Å². The molecule has 222 valence electrons. The van der Waals surface area contributed by atoms with E-state index in [9.17, 15) is 9.59 Å². The highest BCUT2D eigenvalue weighted by Crippen LogP contribution is 2.25. The molecule has 7 nitrogen and oxygen atoms in total. The third-order valence-corrected chi connectivity index (χ3v) is 7.57. The van der Waals surface area contributed by atoms with Crippen LogP contribution in [0.2, 0.25) is 0 Å². The fraction of sp³-hybridized carbons (Fsp3) is 0.750. The molecule has 1 aromatic carbocycles. The van der Waals surface area contributed by atoms with Gasteiger partial charge in [-0.2, -0.15) is 0 Å². The number of amides is 2. The smallest absolute Gasteiger partial charge is 0.251 e. The molecule has 0 radical (unpaired) electrons. The van der Waals surface area contributed by atoms with Crippen LogP contribution in [-0.2, 0) is 14.3 Å². The minimum absolute atomic E-state index is 0.0696. The lowest BCUT2D eigenvalue weighted by Gasteiger charge is -2.23. The Morgan fingerprint density at radius 1 is 0.949 bits per heavy atom. The maximum atomic E-state index is 13.0. The van der Waals surface area contributed by atoms with Crippen LogP contribution in [0, 0.1) is 0 Å². The van der Waals surface area contributed by atoms with Gasteiger partial charge in [0.15, 0.2) is 0 Å². The fourth-order valence-electron chi connectivity index (χ4n) is 5.12. The van der Waals surface area contributed by atoms with Crippen LogP contribution in [-0.4, -0.2) is 57.4 Å². The van der Waals surface area contributed by atoms with E-state index >= 15 is 0 Å². The molecular weight excluding hydrogens is 490 g/mol. The van der Waals surface area contributed by atoms with Crippen molar-refractivity contribution in [3.63, 3.8) is 0 Å². The Balaban J connectivity index is 1.72. The summed E-state index contributed by atoms with van der Waals surface area (Å²) in [4.78, 5) is 23.9. The Hall–Kier alpha value is -1.96. The van der Waals surface area contributed by atoms with Crippen molar-refractivity contribution in [3.8, 4) is 0 Å². The minimum Gasteiger partial charge on any atom is -0.379 e. The summed E-state index contributed by atoms with van der Waals surface area (Å²) in [6, 6.07) is 8.05. The van der Waals surface area contributed by atoms with Crippen LogP contribution < -0.4 is 16.4 Å². The molecule has 0 bridgehead atoms. The Morgan fingerprint density at radius 3 is 2.31 bits per heavy atom.